The summed E-state index contributed by atoms with van der Waals surface area (Å²) in [6.07, 6.45) is 3.31. The van der Waals surface area contributed by atoms with Gasteiger partial charge in [0.05, 0.1) is 0 Å². The number of rotatable bonds is 8. The van der Waals surface area contributed by atoms with Crippen molar-refractivity contribution in [2.45, 2.75) is 18.4 Å². The van der Waals surface area contributed by atoms with Gasteiger partial charge in [0.1, 0.15) is 11.4 Å². The molecule has 0 aromatic heterocycles. The van der Waals surface area contributed by atoms with Gasteiger partial charge in [0.25, 0.3) is 5.91 Å². The Morgan fingerprint density at radius 2 is 1.62 bits per heavy atom. The lowest BCUT2D eigenvalue weighted by atomic mass is 9.87. The molecule has 7 nitrogen and oxygen atoms in total. The number of piperidine rings is 1. The zero-order valence-corrected chi connectivity index (χ0v) is 19.8. The Kier molecular flexibility index (Phi) is 9.04. The molecule has 4 N–H and O–H groups in total. The van der Waals surface area contributed by atoms with Crippen molar-refractivity contribution in [3.8, 4) is 0 Å². The largest absolute Gasteiger partial charge is 0.352 e. The van der Waals surface area contributed by atoms with Gasteiger partial charge in [-0.3, -0.25) is 14.4 Å². The van der Waals surface area contributed by atoms with E-state index in [0.29, 0.717) is 36.5 Å². The highest BCUT2D eigenvalue weighted by Gasteiger charge is 2.40. The number of amides is 3. The third kappa shape index (κ3) is 7.03. The molecule has 10 heteroatoms. The maximum absolute atomic E-state index is 13.9. The second-order valence-corrected chi connectivity index (χ2v) is 8.71. The summed E-state index contributed by atoms with van der Waals surface area (Å²) in [7, 11) is 0. The van der Waals surface area contributed by atoms with Crippen molar-refractivity contribution in [2.24, 2.45) is 0 Å². The maximum Gasteiger partial charge on any atom is 0.251 e. The number of hydrogen-bond donors (Lipinski definition) is 4. The predicted molar refractivity (Wildman–Crippen MR) is 130 cm³/mol. The zero-order chi connectivity index (χ0) is 24.6. The molecule has 0 radical (unpaired) electrons. The van der Waals surface area contributed by atoms with E-state index >= 15 is 0 Å². The van der Waals surface area contributed by atoms with E-state index in [-0.39, 0.29) is 35.5 Å². The van der Waals surface area contributed by atoms with Gasteiger partial charge in [0.2, 0.25) is 11.8 Å². The van der Waals surface area contributed by atoms with Crippen molar-refractivity contribution in [3.63, 3.8) is 0 Å². The number of benzene rings is 2. The molecule has 34 heavy (non-hydrogen) atoms. The minimum Gasteiger partial charge on any atom is -0.352 e. The average Bonchev–Trinajstić information content (AvgIpc) is 2.82. The molecule has 0 spiro atoms. The van der Waals surface area contributed by atoms with Gasteiger partial charge in [0, 0.05) is 40.3 Å². The molecular formula is C24H25Cl2FN4O3. The molecule has 1 aliphatic heterocycles. The van der Waals surface area contributed by atoms with Gasteiger partial charge in [-0.15, -0.1) is 0 Å². The minimum atomic E-state index is -1.11. The van der Waals surface area contributed by atoms with E-state index in [4.69, 9.17) is 23.2 Å². The molecule has 3 amide bonds. The molecule has 2 aromatic rings. The standard InChI is InChI=1S/C24H25Cl2FN4O3/c25-18-5-2-17(3-6-18)22(33)29-13-14-30-23(34)24(9-11-28-12-10-24)31-21(32)8-4-16-1-7-19(26)15-20(16)27/h1-8,15,28H,9-14H2,(H,29,33)(H,30,34)(H,31,32)/b8-4+. The summed E-state index contributed by atoms with van der Waals surface area (Å²) >= 11 is 11.6. The van der Waals surface area contributed by atoms with Crippen molar-refractivity contribution in [1.82, 2.24) is 21.3 Å². The zero-order valence-electron chi connectivity index (χ0n) is 18.3. The second-order valence-electron chi connectivity index (χ2n) is 7.84. The first-order valence-corrected chi connectivity index (χ1v) is 11.5. The molecule has 0 bridgehead atoms. The Morgan fingerprint density at radius 3 is 2.29 bits per heavy atom. The third-order valence-corrected chi connectivity index (χ3v) is 5.92. The smallest absolute Gasteiger partial charge is 0.251 e. The number of nitrogens with one attached hydrogen (secondary N) is 4. The van der Waals surface area contributed by atoms with Crippen LogP contribution in [0.3, 0.4) is 0 Å². The van der Waals surface area contributed by atoms with Crippen molar-refractivity contribution < 1.29 is 18.8 Å². The summed E-state index contributed by atoms with van der Waals surface area (Å²) in [5.74, 6) is -1.68. The van der Waals surface area contributed by atoms with Gasteiger partial charge < -0.3 is 21.3 Å². The number of halogens is 3. The van der Waals surface area contributed by atoms with Crippen LogP contribution in [0.25, 0.3) is 6.08 Å². The molecule has 1 heterocycles. The first-order chi connectivity index (χ1) is 16.3. The normalized spacial score (nSPS) is 15.0. The highest BCUT2D eigenvalue weighted by Crippen LogP contribution is 2.20. The van der Waals surface area contributed by atoms with Gasteiger partial charge >= 0.3 is 0 Å². The Bertz CT molecular complexity index is 1070. The molecule has 2 aromatic carbocycles. The van der Waals surface area contributed by atoms with Crippen LogP contribution in [0.1, 0.15) is 28.8 Å². The lowest BCUT2D eigenvalue weighted by molar-refractivity contribution is -0.133. The van der Waals surface area contributed by atoms with E-state index in [1.807, 2.05) is 0 Å². The van der Waals surface area contributed by atoms with Gasteiger partial charge in [-0.1, -0.05) is 29.3 Å². The first kappa shape index (κ1) is 25.7. The number of carbonyl (C=O) groups excluding carboxylic acids is 3. The molecule has 0 saturated carbocycles. The maximum atomic E-state index is 13.9. The van der Waals surface area contributed by atoms with Crippen LogP contribution in [0.15, 0.2) is 48.5 Å². The summed E-state index contributed by atoms with van der Waals surface area (Å²) in [5.41, 5.74) is -0.438. The molecule has 0 unspecified atom stereocenters. The van der Waals surface area contributed by atoms with Crippen LogP contribution in [-0.2, 0) is 9.59 Å². The van der Waals surface area contributed by atoms with Gasteiger partial charge in [-0.05, 0) is 68.4 Å². The average molecular weight is 507 g/mol. The molecular weight excluding hydrogens is 482 g/mol. The molecule has 1 aliphatic rings. The van der Waals surface area contributed by atoms with Gasteiger partial charge in [-0.2, -0.15) is 0 Å². The first-order valence-electron chi connectivity index (χ1n) is 10.8. The van der Waals surface area contributed by atoms with E-state index in [1.165, 1.54) is 24.3 Å². The lowest BCUT2D eigenvalue weighted by Crippen LogP contribution is -2.63. The van der Waals surface area contributed by atoms with E-state index in [2.05, 4.69) is 21.3 Å². The Hall–Kier alpha value is -2.94. The van der Waals surface area contributed by atoms with Gasteiger partial charge in [0.15, 0.2) is 0 Å². The number of hydrogen-bond acceptors (Lipinski definition) is 4. The van der Waals surface area contributed by atoms with E-state index in [0.717, 1.165) is 6.07 Å². The molecule has 0 atom stereocenters. The summed E-state index contributed by atoms with van der Waals surface area (Å²) in [4.78, 5) is 37.7. The fraction of sp³-hybridized carbons (Fsp3) is 0.292. The highest BCUT2D eigenvalue weighted by molar-refractivity contribution is 6.30. The Balaban J connectivity index is 1.55. The van der Waals surface area contributed by atoms with Crippen LogP contribution < -0.4 is 21.3 Å². The van der Waals surface area contributed by atoms with Crippen LogP contribution in [-0.4, -0.2) is 49.4 Å². The van der Waals surface area contributed by atoms with Crippen LogP contribution >= 0.6 is 23.2 Å². The van der Waals surface area contributed by atoms with Crippen molar-refractivity contribution in [2.75, 3.05) is 26.2 Å². The molecule has 3 rings (SSSR count). The summed E-state index contributed by atoms with van der Waals surface area (Å²) in [5, 5.41) is 12.3. The fourth-order valence-corrected chi connectivity index (χ4v) is 3.85. The van der Waals surface area contributed by atoms with Crippen molar-refractivity contribution in [3.05, 3.63) is 75.5 Å². The molecule has 0 aliphatic carbocycles. The van der Waals surface area contributed by atoms with Crippen LogP contribution in [0.4, 0.5) is 4.39 Å². The third-order valence-electron chi connectivity index (χ3n) is 5.43. The van der Waals surface area contributed by atoms with E-state index < -0.39 is 17.3 Å². The van der Waals surface area contributed by atoms with Crippen molar-refractivity contribution in [1.29, 1.82) is 0 Å². The Morgan fingerprint density at radius 1 is 0.971 bits per heavy atom. The highest BCUT2D eigenvalue weighted by atomic mass is 35.5. The van der Waals surface area contributed by atoms with Crippen LogP contribution in [0.2, 0.25) is 10.0 Å². The predicted octanol–water partition coefficient (Wildman–Crippen LogP) is 2.93. The number of carbonyl (C=O) groups is 3. The van der Waals surface area contributed by atoms with Crippen LogP contribution in [0.5, 0.6) is 0 Å². The molecule has 1 fully saturated rings. The monoisotopic (exact) mass is 506 g/mol. The summed E-state index contributed by atoms with van der Waals surface area (Å²) in [6, 6.07) is 10.6. The molecule has 1 saturated heterocycles. The minimum absolute atomic E-state index is 0.190. The molecule has 180 valence electrons. The Labute approximate surface area is 207 Å². The van der Waals surface area contributed by atoms with Crippen LogP contribution in [0, 0.1) is 5.82 Å². The SMILES string of the molecule is O=C(/C=C/c1ccc(Cl)cc1F)NC1(C(=O)NCCNC(=O)c2ccc(Cl)cc2)CCNCC1. The summed E-state index contributed by atoms with van der Waals surface area (Å²) < 4.78 is 13.9. The topological polar surface area (TPSA) is 99.3 Å². The van der Waals surface area contributed by atoms with E-state index in [9.17, 15) is 18.8 Å². The quantitative estimate of drug-likeness (QED) is 0.326. The second kappa shape index (κ2) is 12.0. The lowest BCUT2D eigenvalue weighted by Gasteiger charge is -2.36. The van der Waals surface area contributed by atoms with E-state index in [1.54, 1.807) is 24.3 Å². The fourth-order valence-electron chi connectivity index (χ4n) is 3.57. The van der Waals surface area contributed by atoms with Crippen molar-refractivity contribution >= 4 is 47.0 Å². The summed E-state index contributed by atoms with van der Waals surface area (Å²) in [6.45, 7) is 1.51. The van der Waals surface area contributed by atoms with Gasteiger partial charge in [-0.25, -0.2) is 4.39 Å².